The molecule has 1 saturated heterocycles. The molecule has 22 heavy (non-hydrogen) atoms. The smallest absolute Gasteiger partial charge is 0.165 e. The van der Waals surface area contributed by atoms with E-state index < -0.39 is 0 Å². The van der Waals surface area contributed by atoms with E-state index in [-0.39, 0.29) is 29.5 Å². The second-order valence-electron chi connectivity index (χ2n) is 5.75. The van der Waals surface area contributed by atoms with E-state index in [0.29, 0.717) is 18.4 Å². The summed E-state index contributed by atoms with van der Waals surface area (Å²) in [5, 5.41) is 9.71. The quantitative estimate of drug-likeness (QED) is 0.495. The van der Waals surface area contributed by atoms with Crippen LogP contribution < -0.4 is 0 Å². The van der Waals surface area contributed by atoms with Gasteiger partial charge in [-0.05, 0) is 26.2 Å². The van der Waals surface area contributed by atoms with E-state index in [2.05, 4.69) is 0 Å². The fraction of sp³-hybridized carbons (Fsp3) is 0.444. The predicted molar refractivity (Wildman–Crippen MR) is 83.9 cm³/mol. The van der Waals surface area contributed by atoms with Gasteiger partial charge in [-0.1, -0.05) is 30.3 Å². The molecule has 1 aliphatic rings. The summed E-state index contributed by atoms with van der Waals surface area (Å²) in [6.45, 7) is 1.40. The molecular formula is C18H22O4. The van der Waals surface area contributed by atoms with Gasteiger partial charge >= 0.3 is 0 Å². The van der Waals surface area contributed by atoms with Crippen molar-refractivity contribution in [2.75, 3.05) is 0 Å². The molecule has 2 atom stereocenters. The molecule has 1 heterocycles. The van der Waals surface area contributed by atoms with Crippen molar-refractivity contribution in [3.63, 3.8) is 0 Å². The maximum atomic E-state index is 12.2. The Labute approximate surface area is 130 Å². The molecule has 1 aliphatic heterocycles. The summed E-state index contributed by atoms with van der Waals surface area (Å²) in [6, 6.07) is 9.20. The highest BCUT2D eigenvalue weighted by Crippen LogP contribution is 2.25. The maximum Gasteiger partial charge on any atom is 0.165 e. The first-order valence-electron chi connectivity index (χ1n) is 7.68. The Balaban J connectivity index is 1.88. The molecule has 1 aromatic rings. The minimum Gasteiger partial charge on any atom is -0.512 e. The van der Waals surface area contributed by atoms with E-state index in [1.165, 1.54) is 13.0 Å². The molecule has 0 aliphatic carbocycles. The molecule has 0 aromatic heterocycles. The molecule has 0 radical (unpaired) electrons. The van der Waals surface area contributed by atoms with Gasteiger partial charge in [-0.2, -0.15) is 0 Å². The van der Waals surface area contributed by atoms with Crippen molar-refractivity contribution in [2.24, 2.45) is 0 Å². The number of Topliss-reactive ketones (excluding diaryl/α,β-unsaturated/α-hetero) is 1. The van der Waals surface area contributed by atoms with E-state index in [0.717, 1.165) is 19.3 Å². The zero-order valence-electron chi connectivity index (χ0n) is 12.8. The van der Waals surface area contributed by atoms with Crippen LogP contribution in [0.1, 0.15) is 49.4 Å². The Morgan fingerprint density at radius 1 is 1.18 bits per heavy atom. The lowest BCUT2D eigenvalue weighted by Gasteiger charge is -2.29. The van der Waals surface area contributed by atoms with Crippen LogP contribution in [-0.2, 0) is 9.53 Å². The van der Waals surface area contributed by atoms with Crippen molar-refractivity contribution in [1.29, 1.82) is 0 Å². The maximum absolute atomic E-state index is 12.2. The Morgan fingerprint density at radius 3 is 2.45 bits per heavy atom. The van der Waals surface area contributed by atoms with Crippen LogP contribution in [-0.4, -0.2) is 28.9 Å². The van der Waals surface area contributed by atoms with Crippen molar-refractivity contribution in [1.82, 2.24) is 0 Å². The lowest BCUT2D eigenvalue weighted by atomic mass is 9.96. The van der Waals surface area contributed by atoms with Crippen molar-refractivity contribution in [3.8, 4) is 0 Å². The minimum absolute atomic E-state index is 0.0486. The third-order valence-corrected chi connectivity index (χ3v) is 3.75. The predicted octanol–water partition coefficient (Wildman–Crippen LogP) is 3.62. The first-order valence-corrected chi connectivity index (χ1v) is 7.68. The molecule has 4 heteroatoms. The Kier molecular flexibility index (Phi) is 5.90. The second kappa shape index (κ2) is 7.90. The number of aliphatic hydroxyl groups excluding tert-OH is 1. The summed E-state index contributed by atoms with van der Waals surface area (Å²) in [7, 11) is 0. The number of benzene rings is 1. The summed E-state index contributed by atoms with van der Waals surface area (Å²) in [4.78, 5) is 23.1. The summed E-state index contributed by atoms with van der Waals surface area (Å²) in [5.41, 5.74) is 0.701. The Hall–Kier alpha value is -1.94. The van der Waals surface area contributed by atoms with Gasteiger partial charge in [0.15, 0.2) is 11.6 Å². The van der Waals surface area contributed by atoms with Gasteiger partial charge in [0.1, 0.15) is 0 Å². The Bertz CT molecular complexity index is 547. The fourth-order valence-electron chi connectivity index (χ4n) is 2.76. The van der Waals surface area contributed by atoms with Gasteiger partial charge < -0.3 is 9.84 Å². The lowest BCUT2D eigenvalue weighted by Crippen LogP contribution is -2.30. The Morgan fingerprint density at radius 2 is 1.82 bits per heavy atom. The molecule has 0 saturated carbocycles. The van der Waals surface area contributed by atoms with Gasteiger partial charge in [0.25, 0.3) is 0 Å². The van der Waals surface area contributed by atoms with Crippen molar-refractivity contribution >= 4 is 11.6 Å². The van der Waals surface area contributed by atoms with Gasteiger partial charge in [0.05, 0.1) is 18.0 Å². The average Bonchev–Trinajstić information content (AvgIpc) is 2.47. The van der Waals surface area contributed by atoms with Crippen LogP contribution in [0.2, 0.25) is 0 Å². The highest BCUT2D eigenvalue weighted by Gasteiger charge is 2.25. The molecule has 0 unspecified atom stereocenters. The largest absolute Gasteiger partial charge is 0.512 e. The normalized spacial score (nSPS) is 22.3. The van der Waals surface area contributed by atoms with E-state index in [1.807, 2.05) is 30.3 Å². The summed E-state index contributed by atoms with van der Waals surface area (Å²) >= 11 is 0. The van der Waals surface area contributed by atoms with Crippen LogP contribution in [0.15, 0.2) is 42.2 Å². The number of ketones is 2. The monoisotopic (exact) mass is 302 g/mol. The van der Waals surface area contributed by atoms with Gasteiger partial charge in [-0.25, -0.2) is 0 Å². The SMILES string of the molecule is CC(=O)/C=C(\O)C[C@H]1CCC[C@@H](CC(=O)c2ccccc2)O1. The molecule has 2 rings (SSSR count). The fourth-order valence-corrected chi connectivity index (χ4v) is 2.76. The second-order valence-corrected chi connectivity index (χ2v) is 5.75. The van der Waals surface area contributed by atoms with E-state index in [9.17, 15) is 14.7 Å². The molecular weight excluding hydrogens is 280 g/mol. The zero-order valence-corrected chi connectivity index (χ0v) is 12.8. The first-order chi connectivity index (χ1) is 10.5. The number of rotatable bonds is 6. The van der Waals surface area contributed by atoms with Crippen molar-refractivity contribution < 1.29 is 19.4 Å². The number of aliphatic hydroxyl groups is 1. The molecule has 0 amide bonds. The number of allylic oxidation sites excluding steroid dienone is 1. The summed E-state index contributed by atoms with van der Waals surface area (Å²) < 4.78 is 5.90. The van der Waals surface area contributed by atoms with E-state index >= 15 is 0 Å². The zero-order chi connectivity index (χ0) is 15.9. The summed E-state index contributed by atoms with van der Waals surface area (Å²) in [5.74, 6) is -0.0496. The van der Waals surface area contributed by atoms with Gasteiger partial charge in [0, 0.05) is 24.5 Å². The average molecular weight is 302 g/mol. The first kappa shape index (κ1) is 16.4. The third-order valence-electron chi connectivity index (χ3n) is 3.75. The van der Waals surface area contributed by atoms with Crippen molar-refractivity contribution in [3.05, 3.63) is 47.7 Å². The van der Waals surface area contributed by atoms with Crippen LogP contribution in [0.25, 0.3) is 0 Å². The van der Waals surface area contributed by atoms with E-state index in [1.54, 1.807) is 0 Å². The third kappa shape index (κ3) is 5.11. The molecule has 0 spiro atoms. The lowest BCUT2D eigenvalue weighted by molar-refractivity contribution is -0.112. The van der Waals surface area contributed by atoms with Gasteiger partial charge in [0.2, 0.25) is 0 Å². The molecule has 1 N–H and O–H groups in total. The molecule has 4 nitrogen and oxygen atoms in total. The van der Waals surface area contributed by atoms with E-state index in [4.69, 9.17) is 4.74 Å². The van der Waals surface area contributed by atoms with Gasteiger partial charge in [-0.3, -0.25) is 9.59 Å². The van der Waals surface area contributed by atoms with Crippen LogP contribution in [0.3, 0.4) is 0 Å². The number of ether oxygens (including phenoxy) is 1. The number of hydrogen-bond acceptors (Lipinski definition) is 4. The molecule has 118 valence electrons. The van der Waals surface area contributed by atoms with Crippen LogP contribution in [0, 0.1) is 0 Å². The standard InChI is InChI=1S/C18H22O4/c1-13(19)10-15(20)11-16-8-5-9-17(22-16)12-18(21)14-6-3-2-4-7-14/h2-4,6-7,10,16-17,20H,5,8-9,11-12H2,1H3/b15-10-/t16-,17+/m1/s1. The topological polar surface area (TPSA) is 63.6 Å². The van der Waals surface area contributed by atoms with Crippen LogP contribution in [0.4, 0.5) is 0 Å². The number of carbonyl (C=O) groups is 2. The molecule has 1 fully saturated rings. The van der Waals surface area contributed by atoms with Crippen LogP contribution >= 0.6 is 0 Å². The highest BCUT2D eigenvalue weighted by molar-refractivity contribution is 5.96. The van der Waals surface area contributed by atoms with Crippen LogP contribution in [0.5, 0.6) is 0 Å². The minimum atomic E-state index is -0.177. The van der Waals surface area contributed by atoms with Gasteiger partial charge in [-0.15, -0.1) is 0 Å². The number of hydrogen-bond donors (Lipinski definition) is 1. The highest BCUT2D eigenvalue weighted by atomic mass is 16.5. The molecule has 1 aromatic carbocycles. The van der Waals surface area contributed by atoms with Crippen molar-refractivity contribution in [2.45, 2.75) is 51.2 Å². The summed E-state index contributed by atoms with van der Waals surface area (Å²) in [6.07, 6.45) is 4.33. The molecule has 0 bridgehead atoms. The number of carbonyl (C=O) groups excluding carboxylic acids is 2.